The van der Waals surface area contributed by atoms with Crippen LogP contribution in [0, 0.1) is 12.8 Å². The molecule has 0 saturated heterocycles. The number of benzene rings is 2. The van der Waals surface area contributed by atoms with Crippen LogP contribution in [-0.4, -0.2) is 38.8 Å². The zero-order valence-corrected chi connectivity index (χ0v) is 23.3. The van der Waals surface area contributed by atoms with Crippen molar-refractivity contribution in [2.45, 2.75) is 58.0 Å². The highest BCUT2D eigenvalue weighted by atomic mass is 35.5. The van der Waals surface area contributed by atoms with E-state index >= 15 is 0 Å². The summed E-state index contributed by atoms with van der Waals surface area (Å²) in [5.74, 6) is -1.99. The summed E-state index contributed by atoms with van der Waals surface area (Å²) in [6.45, 7) is 3.23. The van der Waals surface area contributed by atoms with E-state index in [4.69, 9.17) is 11.6 Å². The number of aromatic nitrogens is 1. The molecule has 1 aliphatic carbocycles. The molecule has 1 fully saturated rings. The van der Waals surface area contributed by atoms with Crippen LogP contribution < -0.4 is 10.6 Å². The zero-order chi connectivity index (χ0) is 28.8. The minimum absolute atomic E-state index is 0.0226. The van der Waals surface area contributed by atoms with Gasteiger partial charge in [0.25, 0.3) is 0 Å². The molecule has 5 N–H and O–H groups in total. The molecule has 1 aromatic heterocycles. The number of H-pyrrole nitrogens is 1. The third-order valence-electron chi connectivity index (χ3n) is 7.43. The lowest BCUT2D eigenvalue weighted by molar-refractivity contribution is -0.123. The maximum atomic E-state index is 13.5. The van der Waals surface area contributed by atoms with Crippen LogP contribution in [0.4, 0.5) is 0 Å². The minimum atomic E-state index is -0.867. The molecule has 0 spiro atoms. The summed E-state index contributed by atoms with van der Waals surface area (Å²) in [7, 11) is 0. The van der Waals surface area contributed by atoms with Gasteiger partial charge in [0.2, 0.25) is 17.7 Å². The van der Waals surface area contributed by atoms with Crippen LogP contribution in [0.1, 0.15) is 72.1 Å². The monoisotopic (exact) mass is 563 g/mol. The Hall–Kier alpha value is -4.04. The van der Waals surface area contributed by atoms with E-state index in [1.807, 2.05) is 42.5 Å². The number of Topliss-reactive ketones (excluding diaryl/α,β-unsaturated/α-hetero) is 1. The van der Waals surface area contributed by atoms with Gasteiger partial charge in [-0.05, 0) is 61.9 Å². The Bertz CT molecular complexity index is 1390. The maximum absolute atomic E-state index is 13.5. The number of amides is 2. The highest BCUT2D eigenvalue weighted by Gasteiger charge is 2.36. The van der Waals surface area contributed by atoms with Gasteiger partial charge in [-0.25, -0.2) is 0 Å². The number of halogens is 1. The molecule has 2 atom stereocenters. The largest absolute Gasteiger partial charge is 0.494 e. The van der Waals surface area contributed by atoms with Gasteiger partial charge in [0, 0.05) is 16.2 Å². The first kappa shape index (κ1) is 29.0. The fourth-order valence-electron chi connectivity index (χ4n) is 5.21. The Kier molecular flexibility index (Phi) is 9.32. The number of hydrogen-bond donors (Lipinski definition) is 5. The zero-order valence-electron chi connectivity index (χ0n) is 22.5. The van der Waals surface area contributed by atoms with Crippen molar-refractivity contribution in [2.75, 3.05) is 0 Å². The summed E-state index contributed by atoms with van der Waals surface area (Å²) in [6.07, 6.45) is 5.06. The Morgan fingerprint density at radius 1 is 1.00 bits per heavy atom. The first-order valence-electron chi connectivity index (χ1n) is 13.4. The Balaban J connectivity index is 1.53. The fourth-order valence-corrected chi connectivity index (χ4v) is 5.34. The number of aromatic hydroxyl groups is 2. The third-order valence-corrected chi connectivity index (χ3v) is 7.68. The molecule has 2 amide bonds. The van der Waals surface area contributed by atoms with E-state index in [-0.39, 0.29) is 35.3 Å². The molecule has 40 heavy (non-hydrogen) atoms. The molecule has 2 aromatic carbocycles. The fraction of sp³-hybridized carbons (Fsp3) is 0.323. The lowest BCUT2D eigenvalue weighted by Gasteiger charge is -2.25. The topological polar surface area (TPSA) is 132 Å². The summed E-state index contributed by atoms with van der Waals surface area (Å²) >= 11 is 5.96. The van der Waals surface area contributed by atoms with E-state index in [1.54, 1.807) is 25.1 Å². The molecule has 3 aromatic rings. The molecule has 9 heteroatoms. The second-order valence-corrected chi connectivity index (χ2v) is 10.7. The van der Waals surface area contributed by atoms with Crippen molar-refractivity contribution in [1.82, 2.24) is 15.6 Å². The van der Waals surface area contributed by atoms with Crippen molar-refractivity contribution in [2.24, 2.45) is 5.92 Å². The number of ketones is 1. The molecule has 0 radical (unpaired) electrons. The minimum Gasteiger partial charge on any atom is -0.494 e. The van der Waals surface area contributed by atoms with Gasteiger partial charge in [-0.1, -0.05) is 66.9 Å². The van der Waals surface area contributed by atoms with Crippen LogP contribution in [0.2, 0.25) is 5.02 Å². The van der Waals surface area contributed by atoms with Crippen molar-refractivity contribution in [3.63, 3.8) is 0 Å². The third kappa shape index (κ3) is 6.93. The first-order chi connectivity index (χ1) is 19.1. The number of hydrogen-bond acceptors (Lipinski definition) is 5. The normalized spacial score (nSPS) is 15.4. The van der Waals surface area contributed by atoms with Crippen molar-refractivity contribution in [1.29, 1.82) is 0 Å². The predicted molar refractivity (Wildman–Crippen MR) is 154 cm³/mol. The lowest BCUT2D eigenvalue weighted by atomic mass is 9.90. The molecule has 0 bridgehead atoms. The standard InChI is InChI=1S/C31H34ClN3O5/c1-18(16-20-12-14-23(32)15-13-20)29(38)33-24(21-8-4-3-5-9-21)17-25(36)34-27(22-10-6-7-11-22)28(37)26-19(2)30(39)35-31(26)40/h3-5,8-9,12-16,22,24,27,35,39-40H,6-7,10-11,17H2,1-2H3,(H,33,38)(H,34,36)/t24-,27-/m0/s1. The van der Waals surface area contributed by atoms with E-state index < -0.39 is 29.7 Å². The molecule has 1 aliphatic rings. The van der Waals surface area contributed by atoms with Gasteiger partial charge in [-0.15, -0.1) is 0 Å². The Morgan fingerprint density at radius 2 is 1.65 bits per heavy atom. The molecule has 8 nitrogen and oxygen atoms in total. The number of carbonyl (C=O) groups is 3. The second-order valence-electron chi connectivity index (χ2n) is 10.3. The Labute approximate surface area is 238 Å². The number of carbonyl (C=O) groups excluding carboxylic acids is 3. The average Bonchev–Trinajstić information content (AvgIpc) is 3.56. The molecule has 1 heterocycles. The molecular weight excluding hydrogens is 530 g/mol. The van der Waals surface area contributed by atoms with Crippen molar-refractivity contribution in [3.05, 3.63) is 87.4 Å². The van der Waals surface area contributed by atoms with Gasteiger partial charge in [0.05, 0.1) is 24.1 Å². The summed E-state index contributed by atoms with van der Waals surface area (Å²) in [5, 5.41) is 26.7. The smallest absolute Gasteiger partial charge is 0.247 e. The van der Waals surface area contributed by atoms with Crippen molar-refractivity contribution >= 4 is 35.3 Å². The van der Waals surface area contributed by atoms with Crippen molar-refractivity contribution < 1.29 is 24.6 Å². The summed E-state index contributed by atoms with van der Waals surface area (Å²) in [5.41, 5.74) is 2.24. The number of rotatable bonds is 10. The van der Waals surface area contributed by atoms with Gasteiger partial charge in [0.1, 0.15) is 0 Å². The van der Waals surface area contributed by atoms with Crippen LogP contribution in [0.15, 0.2) is 60.2 Å². The maximum Gasteiger partial charge on any atom is 0.247 e. The summed E-state index contributed by atoms with van der Waals surface area (Å²) in [4.78, 5) is 42.5. The lowest BCUT2D eigenvalue weighted by Crippen LogP contribution is -2.46. The van der Waals surface area contributed by atoms with Gasteiger partial charge in [-0.3, -0.25) is 19.4 Å². The quantitative estimate of drug-likeness (QED) is 0.162. The van der Waals surface area contributed by atoms with Crippen LogP contribution in [0.5, 0.6) is 11.8 Å². The molecular formula is C31H34ClN3O5. The van der Waals surface area contributed by atoms with Crippen molar-refractivity contribution in [3.8, 4) is 11.8 Å². The van der Waals surface area contributed by atoms with Gasteiger partial charge in [0.15, 0.2) is 11.7 Å². The number of aromatic amines is 1. The van der Waals surface area contributed by atoms with Gasteiger partial charge in [-0.2, -0.15) is 0 Å². The van der Waals surface area contributed by atoms with Crippen LogP contribution in [-0.2, 0) is 9.59 Å². The van der Waals surface area contributed by atoms with Gasteiger partial charge >= 0.3 is 0 Å². The van der Waals surface area contributed by atoms with Crippen LogP contribution in [0.25, 0.3) is 6.08 Å². The van der Waals surface area contributed by atoms with E-state index in [9.17, 15) is 24.6 Å². The van der Waals surface area contributed by atoms with Gasteiger partial charge < -0.3 is 20.8 Å². The van der Waals surface area contributed by atoms with E-state index in [2.05, 4.69) is 15.6 Å². The Morgan fingerprint density at radius 3 is 2.25 bits per heavy atom. The SMILES string of the molecule is CC(=Cc1ccc(Cl)cc1)C(=O)N[C@@H](CC(=O)N[C@H](C(=O)c1c(O)[nH]c(O)c1C)C1CCCC1)c1ccccc1. The summed E-state index contributed by atoms with van der Waals surface area (Å²) in [6, 6.07) is 14.8. The highest BCUT2D eigenvalue weighted by Crippen LogP contribution is 2.34. The number of nitrogens with one attached hydrogen (secondary N) is 3. The second kappa shape index (κ2) is 12.9. The van der Waals surface area contributed by atoms with E-state index in [0.29, 0.717) is 10.6 Å². The van der Waals surface area contributed by atoms with Crippen LogP contribution in [0.3, 0.4) is 0 Å². The molecule has 4 rings (SSSR count). The molecule has 1 saturated carbocycles. The highest BCUT2D eigenvalue weighted by molar-refractivity contribution is 6.30. The van der Waals surface area contributed by atoms with E-state index in [0.717, 1.165) is 36.8 Å². The average molecular weight is 564 g/mol. The first-order valence-corrected chi connectivity index (χ1v) is 13.8. The molecule has 0 unspecified atom stereocenters. The molecule has 0 aliphatic heterocycles. The molecule has 210 valence electrons. The predicted octanol–water partition coefficient (Wildman–Crippen LogP) is 5.60. The van der Waals surface area contributed by atoms with Crippen LogP contribution >= 0.6 is 11.6 Å². The summed E-state index contributed by atoms with van der Waals surface area (Å²) < 4.78 is 0. The van der Waals surface area contributed by atoms with E-state index in [1.165, 1.54) is 6.92 Å².